The first kappa shape index (κ1) is 26.3. The second kappa shape index (κ2) is 10.1. The first-order valence-corrected chi connectivity index (χ1v) is 13.3. The lowest BCUT2D eigenvalue weighted by molar-refractivity contribution is 0.0251. The van der Waals surface area contributed by atoms with Gasteiger partial charge in [-0.3, -0.25) is 4.98 Å². The van der Waals surface area contributed by atoms with Gasteiger partial charge in [0.1, 0.15) is 18.0 Å². The molecule has 1 amide bonds. The van der Waals surface area contributed by atoms with Crippen LogP contribution >= 0.6 is 23.2 Å². The van der Waals surface area contributed by atoms with Gasteiger partial charge >= 0.3 is 6.09 Å². The maximum atomic E-state index is 12.4. The van der Waals surface area contributed by atoms with E-state index in [2.05, 4.69) is 4.98 Å². The lowest BCUT2D eigenvalue weighted by atomic mass is 9.91. The van der Waals surface area contributed by atoms with E-state index in [0.29, 0.717) is 29.6 Å². The maximum absolute atomic E-state index is 12.4. The number of rotatable bonds is 5. The zero-order valence-electron chi connectivity index (χ0n) is 19.8. The molecule has 0 bridgehead atoms. The van der Waals surface area contributed by atoms with Crippen LogP contribution in [0.2, 0.25) is 10.0 Å². The van der Waals surface area contributed by atoms with Crippen molar-refractivity contribution in [1.82, 2.24) is 9.88 Å². The second-order valence-corrected chi connectivity index (χ2v) is 12.1. The number of hydrogen-bond donors (Lipinski definition) is 0. The molecule has 0 saturated carbocycles. The van der Waals surface area contributed by atoms with Crippen molar-refractivity contribution in [3.63, 3.8) is 0 Å². The number of ether oxygens (including phenoxy) is 2. The molecule has 1 aliphatic heterocycles. The number of hydrogen-bond acceptors (Lipinski definition) is 6. The van der Waals surface area contributed by atoms with Crippen molar-refractivity contribution in [3.8, 4) is 5.75 Å². The van der Waals surface area contributed by atoms with Gasteiger partial charge in [0.2, 0.25) is 0 Å². The van der Waals surface area contributed by atoms with Crippen molar-refractivity contribution < 1.29 is 22.7 Å². The Hall–Kier alpha value is -2.29. The molecule has 2 heterocycles. The molecule has 34 heavy (non-hydrogen) atoms. The number of aromatic nitrogens is 1. The Morgan fingerprint density at radius 3 is 2.47 bits per heavy atom. The molecule has 1 unspecified atom stereocenters. The third kappa shape index (κ3) is 6.64. The molecule has 1 aromatic heterocycles. The number of halogens is 2. The topological polar surface area (TPSA) is 85.8 Å². The van der Waals surface area contributed by atoms with Crippen LogP contribution in [0.4, 0.5) is 4.79 Å². The highest BCUT2D eigenvalue weighted by molar-refractivity contribution is 7.90. The van der Waals surface area contributed by atoms with Crippen LogP contribution in [-0.2, 0) is 21.2 Å². The zero-order valence-corrected chi connectivity index (χ0v) is 22.1. The fourth-order valence-corrected chi connectivity index (χ4v) is 4.66. The van der Waals surface area contributed by atoms with E-state index in [1.54, 1.807) is 11.1 Å². The summed E-state index contributed by atoms with van der Waals surface area (Å²) in [5.74, 6) is 0.412. The molecule has 0 aliphatic carbocycles. The molecule has 184 valence electrons. The van der Waals surface area contributed by atoms with Crippen molar-refractivity contribution in [2.75, 3.05) is 19.3 Å². The van der Waals surface area contributed by atoms with Crippen LogP contribution in [-0.4, -0.2) is 49.3 Å². The summed E-state index contributed by atoms with van der Waals surface area (Å²) in [6.07, 6.45) is 4.50. The number of carbonyl (C=O) groups excluding carboxylic acids is 1. The summed E-state index contributed by atoms with van der Waals surface area (Å²) in [4.78, 5) is 18.6. The van der Waals surface area contributed by atoms with Gasteiger partial charge in [0.05, 0.1) is 20.6 Å². The highest BCUT2D eigenvalue weighted by atomic mass is 35.5. The van der Waals surface area contributed by atoms with E-state index >= 15 is 0 Å². The van der Waals surface area contributed by atoms with Gasteiger partial charge in [-0.05, 0) is 62.1 Å². The lowest BCUT2D eigenvalue weighted by Gasteiger charge is -2.33. The summed E-state index contributed by atoms with van der Waals surface area (Å²) in [6, 6.07) is 6.12. The molecule has 1 aliphatic rings. The van der Waals surface area contributed by atoms with Crippen molar-refractivity contribution in [3.05, 3.63) is 57.8 Å². The predicted molar refractivity (Wildman–Crippen MR) is 133 cm³/mol. The van der Waals surface area contributed by atoms with Gasteiger partial charge in [0.25, 0.3) is 0 Å². The van der Waals surface area contributed by atoms with Crippen LogP contribution in [0, 0.1) is 5.92 Å². The monoisotopic (exact) mass is 526 g/mol. The smallest absolute Gasteiger partial charge is 0.410 e. The number of carbonyl (C=O) groups is 1. The van der Waals surface area contributed by atoms with Gasteiger partial charge in [0.15, 0.2) is 9.84 Å². The second-order valence-electron chi connectivity index (χ2n) is 9.25. The van der Waals surface area contributed by atoms with E-state index in [0.717, 1.165) is 17.4 Å². The minimum Gasteiger partial charge on any atom is -0.486 e. The van der Waals surface area contributed by atoms with Crippen LogP contribution in [0.5, 0.6) is 5.75 Å². The van der Waals surface area contributed by atoms with Crippen molar-refractivity contribution >= 4 is 44.7 Å². The highest BCUT2D eigenvalue weighted by Gasteiger charge is 2.27. The van der Waals surface area contributed by atoms with E-state index in [9.17, 15) is 13.2 Å². The van der Waals surface area contributed by atoms with Crippen molar-refractivity contribution in [1.29, 1.82) is 0 Å². The van der Waals surface area contributed by atoms with Crippen LogP contribution in [0.15, 0.2) is 41.4 Å². The zero-order chi connectivity index (χ0) is 25.3. The van der Waals surface area contributed by atoms with Crippen LogP contribution in [0.25, 0.3) is 5.57 Å². The van der Waals surface area contributed by atoms with E-state index in [1.807, 2.05) is 39.8 Å². The van der Waals surface area contributed by atoms with Gasteiger partial charge in [0, 0.05) is 25.5 Å². The molecule has 0 fully saturated rings. The fraction of sp³-hybridized carbons (Fsp3) is 0.417. The Bertz CT molecular complexity index is 1220. The van der Waals surface area contributed by atoms with Crippen LogP contribution in [0.1, 0.15) is 39.0 Å². The molecular weight excluding hydrogens is 499 g/mol. The molecule has 1 aromatic carbocycles. The minimum atomic E-state index is -3.36. The first-order chi connectivity index (χ1) is 15.7. The van der Waals surface area contributed by atoms with E-state index < -0.39 is 15.4 Å². The largest absolute Gasteiger partial charge is 0.486 e. The molecule has 0 radical (unpaired) electrons. The average molecular weight is 527 g/mol. The molecule has 7 nitrogen and oxygen atoms in total. The SMILES string of the molecule is CC1CN(C(=O)OC(C)(C)C)CC=C1c1cnc(COc2ccc(S(C)(=O)=O)cc2Cl)c(Cl)c1. The summed E-state index contributed by atoms with van der Waals surface area (Å²) < 4.78 is 34.5. The molecule has 3 rings (SSSR count). The molecule has 0 saturated heterocycles. The molecular formula is C24H28Cl2N2O5S. The lowest BCUT2D eigenvalue weighted by Crippen LogP contribution is -2.41. The number of nitrogens with zero attached hydrogens (tertiary/aromatic N) is 2. The van der Waals surface area contributed by atoms with E-state index in [-0.39, 0.29) is 28.5 Å². The Labute approximate surface area is 210 Å². The average Bonchev–Trinajstić information content (AvgIpc) is 2.71. The van der Waals surface area contributed by atoms with E-state index in [4.69, 9.17) is 32.7 Å². The van der Waals surface area contributed by atoms with Crippen LogP contribution in [0.3, 0.4) is 0 Å². The summed E-state index contributed by atoms with van der Waals surface area (Å²) in [7, 11) is -3.36. The standard InChI is InChI=1S/C24H28Cl2N2O5S/c1-15-13-28(23(29)33-24(2,3)4)9-8-18(15)16-10-19(25)21(27-12-16)14-32-22-7-6-17(11-20(22)26)34(5,30)31/h6-8,10-12,15H,9,13-14H2,1-5H3. The number of benzene rings is 1. The molecule has 2 aromatic rings. The summed E-state index contributed by atoms with van der Waals surface area (Å²) in [5.41, 5.74) is 1.91. The third-order valence-electron chi connectivity index (χ3n) is 5.16. The molecule has 10 heteroatoms. The van der Waals surface area contributed by atoms with E-state index in [1.165, 1.54) is 18.2 Å². The summed E-state index contributed by atoms with van der Waals surface area (Å²) in [6.45, 7) is 8.61. The summed E-state index contributed by atoms with van der Waals surface area (Å²) >= 11 is 12.6. The number of amides is 1. The minimum absolute atomic E-state index is 0.0675. The van der Waals surface area contributed by atoms with Crippen molar-refractivity contribution in [2.24, 2.45) is 5.92 Å². The van der Waals surface area contributed by atoms with Gasteiger partial charge in [-0.2, -0.15) is 0 Å². The summed E-state index contributed by atoms with van der Waals surface area (Å²) in [5, 5.41) is 0.621. The quantitative estimate of drug-likeness (QED) is 0.500. The Morgan fingerprint density at radius 1 is 1.21 bits per heavy atom. The first-order valence-electron chi connectivity index (χ1n) is 10.7. The van der Waals surface area contributed by atoms with Gasteiger partial charge in [-0.1, -0.05) is 36.2 Å². The highest BCUT2D eigenvalue weighted by Crippen LogP contribution is 2.32. The molecule has 0 N–H and O–H groups in total. The van der Waals surface area contributed by atoms with Gasteiger partial charge in [-0.15, -0.1) is 0 Å². The molecule has 1 atom stereocenters. The normalized spacial score (nSPS) is 16.7. The van der Waals surface area contributed by atoms with Gasteiger partial charge in [-0.25, -0.2) is 13.2 Å². The Morgan fingerprint density at radius 2 is 1.91 bits per heavy atom. The van der Waals surface area contributed by atoms with Crippen molar-refractivity contribution in [2.45, 2.75) is 44.8 Å². The Kier molecular flexibility index (Phi) is 7.85. The van der Waals surface area contributed by atoms with Gasteiger partial charge < -0.3 is 14.4 Å². The Balaban J connectivity index is 1.69. The number of sulfone groups is 1. The molecule has 0 spiro atoms. The predicted octanol–water partition coefficient (Wildman–Crippen LogP) is 5.64. The van der Waals surface area contributed by atoms with Crippen LogP contribution < -0.4 is 4.74 Å². The maximum Gasteiger partial charge on any atom is 0.410 e. The third-order valence-corrected chi connectivity index (χ3v) is 6.89. The fourth-order valence-electron chi connectivity index (χ4n) is 3.50. The number of pyridine rings is 1.